The zero-order chi connectivity index (χ0) is 30.9. The van der Waals surface area contributed by atoms with E-state index in [9.17, 15) is 14.4 Å². The fraction of sp³-hybridized carbons (Fsp3) is 0.750. The lowest BCUT2D eigenvalue weighted by Gasteiger charge is -2.16. The van der Waals surface area contributed by atoms with E-state index in [1.807, 2.05) is 18.2 Å². The summed E-state index contributed by atoms with van der Waals surface area (Å²) in [5.74, 6) is -1.52. The second-order valence-corrected chi connectivity index (χ2v) is 11.2. The summed E-state index contributed by atoms with van der Waals surface area (Å²) in [4.78, 5) is 36.7. The SMILES string of the molecule is CCCCCCCCC=CC(=O)OCC(COC(=O)C=CCCCCCCCC)OC(=O)C=CCCCCCCCC. The highest BCUT2D eigenvalue weighted by Gasteiger charge is 2.17. The van der Waals surface area contributed by atoms with Crippen molar-refractivity contribution < 1.29 is 28.6 Å². The van der Waals surface area contributed by atoms with E-state index >= 15 is 0 Å². The Hall–Kier alpha value is -2.37. The number of rotatable bonds is 29. The number of carbonyl (C=O) groups is 3. The van der Waals surface area contributed by atoms with Crippen molar-refractivity contribution in [1.29, 1.82) is 0 Å². The highest BCUT2D eigenvalue weighted by atomic mass is 16.6. The molecule has 0 fully saturated rings. The molecule has 0 aromatic rings. The van der Waals surface area contributed by atoms with Crippen LogP contribution < -0.4 is 0 Å². The van der Waals surface area contributed by atoms with Gasteiger partial charge in [-0.3, -0.25) is 0 Å². The van der Waals surface area contributed by atoms with Crippen LogP contribution in [0, 0.1) is 0 Å². The van der Waals surface area contributed by atoms with Gasteiger partial charge in [-0.05, 0) is 38.5 Å². The van der Waals surface area contributed by atoms with Crippen LogP contribution >= 0.6 is 0 Å². The zero-order valence-electron chi connectivity index (χ0n) is 27.3. The maximum absolute atomic E-state index is 12.4. The number of esters is 3. The van der Waals surface area contributed by atoms with Crippen molar-refractivity contribution in [2.45, 2.75) is 162 Å². The summed E-state index contributed by atoms with van der Waals surface area (Å²) in [6.07, 6.45) is 32.8. The van der Waals surface area contributed by atoms with E-state index in [2.05, 4.69) is 20.8 Å². The number of hydrogen-bond acceptors (Lipinski definition) is 6. The molecule has 0 spiro atoms. The van der Waals surface area contributed by atoms with Crippen molar-refractivity contribution in [1.82, 2.24) is 0 Å². The van der Waals surface area contributed by atoms with E-state index in [4.69, 9.17) is 14.2 Å². The summed E-state index contributed by atoms with van der Waals surface area (Å²) in [5.41, 5.74) is 0. The van der Waals surface area contributed by atoms with Crippen LogP contribution in [0.4, 0.5) is 0 Å². The Bertz CT molecular complexity index is 697. The molecule has 0 heterocycles. The molecule has 0 aliphatic heterocycles. The van der Waals surface area contributed by atoms with Crippen molar-refractivity contribution in [3.8, 4) is 0 Å². The number of hydrogen-bond donors (Lipinski definition) is 0. The van der Waals surface area contributed by atoms with Crippen LogP contribution in [0.1, 0.15) is 156 Å². The molecule has 0 atom stereocenters. The molecule has 0 aliphatic carbocycles. The average Bonchev–Trinajstić information content (AvgIpc) is 2.98. The van der Waals surface area contributed by atoms with Crippen molar-refractivity contribution in [3.05, 3.63) is 36.5 Å². The van der Waals surface area contributed by atoms with E-state index in [0.29, 0.717) is 0 Å². The first kappa shape index (κ1) is 39.6. The Kier molecular flexibility index (Phi) is 29.8. The largest absolute Gasteiger partial charge is 0.458 e. The minimum absolute atomic E-state index is 0.175. The van der Waals surface area contributed by atoms with Crippen molar-refractivity contribution in [2.75, 3.05) is 13.2 Å². The van der Waals surface area contributed by atoms with Crippen LogP contribution in [0.2, 0.25) is 0 Å². The van der Waals surface area contributed by atoms with Gasteiger partial charge in [0.2, 0.25) is 0 Å². The second-order valence-electron chi connectivity index (χ2n) is 11.2. The van der Waals surface area contributed by atoms with Gasteiger partial charge in [0.25, 0.3) is 0 Å². The van der Waals surface area contributed by atoms with Crippen molar-refractivity contribution >= 4 is 17.9 Å². The standard InChI is InChI=1S/C36H62O6/c1-4-7-10-13-16-19-22-25-28-34(37)40-31-33(42-36(39)30-27-24-21-18-15-12-9-6-3)32-41-35(38)29-26-23-20-17-14-11-8-5-2/h25-30,33H,4-24,31-32H2,1-3H3. The molecule has 42 heavy (non-hydrogen) atoms. The fourth-order valence-corrected chi connectivity index (χ4v) is 4.43. The number of unbranched alkanes of at least 4 members (excludes halogenated alkanes) is 18. The van der Waals surface area contributed by atoms with Crippen LogP contribution in [-0.4, -0.2) is 37.2 Å². The summed E-state index contributed by atoms with van der Waals surface area (Å²) in [6, 6.07) is 0. The highest BCUT2D eigenvalue weighted by Crippen LogP contribution is 2.10. The Balaban J connectivity index is 4.58. The summed E-state index contributed by atoms with van der Waals surface area (Å²) < 4.78 is 16.1. The van der Waals surface area contributed by atoms with Gasteiger partial charge in [-0.1, -0.05) is 135 Å². The van der Waals surface area contributed by atoms with Gasteiger partial charge in [-0.2, -0.15) is 0 Å². The molecular weight excluding hydrogens is 528 g/mol. The smallest absolute Gasteiger partial charge is 0.330 e. The third-order valence-electron chi connectivity index (χ3n) is 7.04. The number of allylic oxidation sites excluding steroid dienone is 3. The van der Waals surface area contributed by atoms with Crippen molar-refractivity contribution in [3.63, 3.8) is 0 Å². The molecule has 242 valence electrons. The molecule has 6 nitrogen and oxygen atoms in total. The first-order valence-corrected chi connectivity index (χ1v) is 17.1. The molecule has 0 saturated heterocycles. The average molecular weight is 591 g/mol. The van der Waals surface area contributed by atoms with E-state index < -0.39 is 24.0 Å². The van der Waals surface area contributed by atoms with Gasteiger partial charge in [0.1, 0.15) is 13.2 Å². The lowest BCUT2D eigenvalue weighted by atomic mass is 10.1. The van der Waals surface area contributed by atoms with E-state index in [0.717, 1.165) is 57.8 Å². The lowest BCUT2D eigenvalue weighted by molar-refractivity contribution is -0.160. The zero-order valence-corrected chi connectivity index (χ0v) is 27.3. The van der Waals surface area contributed by atoms with Gasteiger partial charge in [0.15, 0.2) is 6.10 Å². The first-order valence-electron chi connectivity index (χ1n) is 17.1. The van der Waals surface area contributed by atoms with E-state index in [1.165, 1.54) is 95.3 Å². The maximum Gasteiger partial charge on any atom is 0.330 e. The summed E-state index contributed by atoms with van der Waals surface area (Å²) >= 11 is 0. The molecule has 0 aliphatic rings. The summed E-state index contributed by atoms with van der Waals surface area (Å²) in [6.45, 7) is 6.25. The molecule has 0 N–H and O–H groups in total. The fourth-order valence-electron chi connectivity index (χ4n) is 4.43. The predicted octanol–water partition coefficient (Wildman–Crippen LogP) is 9.90. The molecule has 0 bridgehead atoms. The first-order chi connectivity index (χ1) is 20.5. The van der Waals surface area contributed by atoms with Crippen LogP contribution in [0.15, 0.2) is 36.5 Å². The Morgan fingerprint density at radius 3 is 1.12 bits per heavy atom. The van der Waals surface area contributed by atoms with Gasteiger partial charge in [-0.15, -0.1) is 0 Å². The summed E-state index contributed by atoms with van der Waals surface area (Å²) in [7, 11) is 0. The van der Waals surface area contributed by atoms with Crippen LogP contribution in [0.3, 0.4) is 0 Å². The third-order valence-corrected chi connectivity index (χ3v) is 7.04. The molecule has 0 aromatic heterocycles. The van der Waals surface area contributed by atoms with Gasteiger partial charge in [0, 0.05) is 18.2 Å². The maximum atomic E-state index is 12.4. The van der Waals surface area contributed by atoms with Gasteiger partial charge < -0.3 is 14.2 Å². The van der Waals surface area contributed by atoms with Crippen LogP contribution in [0.25, 0.3) is 0 Å². The van der Waals surface area contributed by atoms with E-state index in [-0.39, 0.29) is 13.2 Å². The highest BCUT2D eigenvalue weighted by molar-refractivity contribution is 5.83. The van der Waals surface area contributed by atoms with E-state index in [1.54, 1.807) is 0 Å². The normalized spacial score (nSPS) is 12.4. The minimum atomic E-state index is -0.872. The van der Waals surface area contributed by atoms with Crippen molar-refractivity contribution in [2.24, 2.45) is 0 Å². The summed E-state index contributed by atoms with van der Waals surface area (Å²) in [5, 5.41) is 0. The molecule has 0 unspecified atom stereocenters. The Morgan fingerprint density at radius 2 is 0.762 bits per heavy atom. The lowest BCUT2D eigenvalue weighted by Crippen LogP contribution is -2.30. The van der Waals surface area contributed by atoms with Gasteiger partial charge in [-0.25, -0.2) is 14.4 Å². The topological polar surface area (TPSA) is 78.9 Å². The monoisotopic (exact) mass is 590 g/mol. The quantitative estimate of drug-likeness (QED) is 0.0373. The number of carbonyl (C=O) groups excluding carboxylic acids is 3. The predicted molar refractivity (Wildman–Crippen MR) is 173 cm³/mol. The molecule has 0 amide bonds. The molecule has 0 aromatic carbocycles. The Labute approximate surface area is 257 Å². The second kappa shape index (κ2) is 31.6. The molecule has 0 rings (SSSR count). The molecule has 0 radical (unpaired) electrons. The molecular formula is C36H62O6. The van der Waals surface area contributed by atoms with Gasteiger partial charge >= 0.3 is 17.9 Å². The van der Waals surface area contributed by atoms with Crippen LogP contribution in [0.5, 0.6) is 0 Å². The molecule has 0 saturated carbocycles. The third kappa shape index (κ3) is 29.1. The Morgan fingerprint density at radius 1 is 0.452 bits per heavy atom. The van der Waals surface area contributed by atoms with Gasteiger partial charge in [0.05, 0.1) is 0 Å². The minimum Gasteiger partial charge on any atom is -0.458 e. The number of ether oxygens (including phenoxy) is 3. The van der Waals surface area contributed by atoms with Crippen LogP contribution in [-0.2, 0) is 28.6 Å². The molecule has 6 heteroatoms.